The minimum absolute atomic E-state index is 0.541. The molecule has 4 rings (SSSR count). The Bertz CT molecular complexity index is 1010. The Labute approximate surface area is 152 Å². The Hall–Kier alpha value is -3.34. The highest BCUT2D eigenvalue weighted by Crippen LogP contribution is 2.29. The highest BCUT2D eigenvalue weighted by Gasteiger charge is 2.09. The average molecular weight is 344 g/mol. The average Bonchev–Trinajstić information content (AvgIpc) is 3.18. The molecule has 1 aromatic heterocycles. The van der Waals surface area contributed by atoms with E-state index in [0.717, 1.165) is 16.9 Å². The summed E-state index contributed by atoms with van der Waals surface area (Å²) in [6.07, 6.45) is 3.27. The van der Waals surface area contributed by atoms with Gasteiger partial charge in [-0.3, -0.25) is 0 Å². The van der Waals surface area contributed by atoms with Crippen LogP contribution in [0.2, 0.25) is 0 Å². The second-order valence-electron chi connectivity index (χ2n) is 6.25. The van der Waals surface area contributed by atoms with E-state index in [1.54, 1.807) is 17.3 Å². The van der Waals surface area contributed by atoms with Crippen LogP contribution in [0.5, 0.6) is 5.75 Å². The van der Waals surface area contributed by atoms with Gasteiger partial charge in [-0.05, 0) is 29.3 Å². The van der Waals surface area contributed by atoms with Crippen LogP contribution in [-0.4, -0.2) is 14.9 Å². The molecule has 0 saturated carbocycles. The van der Waals surface area contributed by atoms with Gasteiger partial charge in [0.1, 0.15) is 25.0 Å². The first-order chi connectivity index (χ1) is 12.8. The van der Waals surface area contributed by atoms with Crippen molar-refractivity contribution in [2.24, 2.45) is 0 Å². The first kappa shape index (κ1) is 16.1. The molecule has 5 heteroatoms. The standard InChI is InChI=1S/C21H20N4O/c1-16-5-4-6-17(11-16)13-26-21-10-9-18-7-2-3-8-19(18)20(21)12-24-25-14-22-23-15-25/h2-11,14-15,24H,12-13H2,1H3. The van der Waals surface area contributed by atoms with Gasteiger partial charge in [0, 0.05) is 5.56 Å². The quantitative estimate of drug-likeness (QED) is 0.573. The minimum Gasteiger partial charge on any atom is -0.489 e. The van der Waals surface area contributed by atoms with Gasteiger partial charge in [-0.1, -0.05) is 60.2 Å². The summed E-state index contributed by atoms with van der Waals surface area (Å²) >= 11 is 0. The molecule has 26 heavy (non-hydrogen) atoms. The van der Waals surface area contributed by atoms with Crippen LogP contribution >= 0.6 is 0 Å². The summed E-state index contributed by atoms with van der Waals surface area (Å²) in [5, 5.41) is 10.0. The lowest BCUT2D eigenvalue weighted by Crippen LogP contribution is -2.13. The van der Waals surface area contributed by atoms with E-state index in [9.17, 15) is 0 Å². The van der Waals surface area contributed by atoms with Gasteiger partial charge in [-0.2, -0.15) is 0 Å². The molecule has 0 aliphatic carbocycles. The predicted octanol–water partition coefficient (Wildman–Crippen LogP) is 4.06. The fourth-order valence-electron chi connectivity index (χ4n) is 3.05. The molecule has 1 heterocycles. The number of rotatable bonds is 6. The van der Waals surface area contributed by atoms with Crippen molar-refractivity contribution in [2.45, 2.75) is 20.1 Å². The van der Waals surface area contributed by atoms with Gasteiger partial charge in [0.15, 0.2) is 0 Å². The largest absolute Gasteiger partial charge is 0.489 e. The molecule has 0 spiro atoms. The lowest BCUT2D eigenvalue weighted by Gasteiger charge is -2.16. The van der Waals surface area contributed by atoms with E-state index in [4.69, 9.17) is 4.74 Å². The number of benzene rings is 3. The summed E-state index contributed by atoms with van der Waals surface area (Å²) in [5.41, 5.74) is 6.81. The molecule has 0 aliphatic rings. The third kappa shape index (κ3) is 3.52. The summed E-state index contributed by atoms with van der Waals surface area (Å²) in [6.45, 7) is 3.25. The topological polar surface area (TPSA) is 52.0 Å². The van der Waals surface area contributed by atoms with Gasteiger partial charge in [-0.15, -0.1) is 10.2 Å². The second kappa shape index (κ2) is 7.27. The second-order valence-corrected chi connectivity index (χ2v) is 6.25. The third-order valence-corrected chi connectivity index (χ3v) is 4.33. The van der Waals surface area contributed by atoms with E-state index in [1.165, 1.54) is 16.3 Å². The van der Waals surface area contributed by atoms with E-state index in [-0.39, 0.29) is 0 Å². The Morgan fingerprint density at radius 2 is 1.81 bits per heavy atom. The van der Waals surface area contributed by atoms with Gasteiger partial charge in [0.05, 0.1) is 6.54 Å². The lowest BCUT2D eigenvalue weighted by molar-refractivity contribution is 0.303. The summed E-state index contributed by atoms with van der Waals surface area (Å²) in [6, 6.07) is 20.9. The summed E-state index contributed by atoms with van der Waals surface area (Å²) < 4.78 is 7.92. The monoisotopic (exact) mass is 344 g/mol. The molecule has 0 saturated heterocycles. The van der Waals surface area contributed by atoms with Gasteiger partial charge in [-0.25, -0.2) is 4.68 Å². The van der Waals surface area contributed by atoms with Crippen molar-refractivity contribution < 1.29 is 4.74 Å². The molecule has 0 unspecified atom stereocenters. The van der Waals surface area contributed by atoms with Crippen molar-refractivity contribution in [1.29, 1.82) is 0 Å². The number of nitrogens with zero attached hydrogens (tertiary/aromatic N) is 3. The van der Waals surface area contributed by atoms with Crippen molar-refractivity contribution in [3.63, 3.8) is 0 Å². The number of aryl methyl sites for hydroxylation is 1. The number of nitrogens with one attached hydrogen (secondary N) is 1. The molecule has 0 radical (unpaired) electrons. The van der Waals surface area contributed by atoms with Gasteiger partial charge >= 0.3 is 0 Å². The highest BCUT2D eigenvalue weighted by atomic mass is 16.5. The van der Waals surface area contributed by atoms with Crippen molar-refractivity contribution in [2.75, 3.05) is 5.43 Å². The molecule has 0 aliphatic heterocycles. The Kier molecular flexibility index (Phi) is 4.51. The number of hydrogen-bond acceptors (Lipinski definition) is 4. The molecular formula is C21H20N4O. The highest BCUT2D eigenvalue weighted by molar-refractivity contribution is 5.87. The molecule has 3 aromatic carbocycles. The van der Waals surface area contributed by atoms with Crippen molar-refractivity contribution in [3.8, 4) is 5.75 Å². The van der Waals surface area contributed by atoms with E-state index in [1.807, 2.05) is 12.1 Å². The zero-order chi connectivity index (χ0) is 17.8. The molecular weight excluding hydrogens is 324 g/mol. The van der Waals surface area contributed by atoms with Crippen molar-refractivity contribution in [1.82, 2.24) is 14.9 Å². The molecule has 5 nitrogen and oxygen atoms in total. The van der Waals surface area contributed by atoms with Crippen LogP contribution in [0.15, 0.2) is 73.3 Å². The normalized spacial score (nSPS) is 10.8. The Morgan fingerprint density at radius 3 is 2.65 bits per heavy atom. The van der Waals surface area contributed by atoms with E-state index in [0.29, 0.717) is 13.2 Å². The smallest absolute Gasteiger partial charge is 0.138 e. The fraction of sp³-hybridized carbons (Fsp3) is 0.143. The first-order valence-electron chi connectivity index (χ1n) is 8.57. The van der Waals surface area contributed by atoms with Crippen LogP contribution in [0.4, 0.5) is 0 Å². The maximum atomic E-state index is 6.18. The van der Waals surface area contributed by atoms with Crippen LogP contribution in [0.3, 0.4) is 0 Å². The number of fused-ring (bicyclic) bond motifs is 1. The number of aromatic nitrogens is 3. The van der Waals surface area contributed by atoms with Crippen LogP contribution < -0.4 is 10.2 Å². The van der Waals surface area contributed by atoms with E-state index in [2.05, 4.69) is 71.1 Å². The van der Waals surface area contributed by atoms with Crippen LogP contribution in [-0.2, 0) is 13.2 Å². The molecule has 0 atom stereocenters. The Morgan fingerprint density at radius 1 is 0.962 bits per heavy atom. The molecule has 0 fully saturated rings. The zero-order valence-electron chi connectivity index (χ0n) is 14.6. The van der Waals surface area contributed by atoms with Crippen molar-refractivity contribution in [3.05, 3.63) is 90.0 Å². The molecule has 4 aromatic rings. The van der Waals surface area contributed by atoms with E-state index >= 15 is 0 Å². The number of ether oxygens (including phenoxy) is 1. The third-order valence-electron chi connectivity index (χ3n) is 4.33. The summed E-state index contributed by atoms with van der Waals surface area (Å²) in [4.78, 5) is 0. The van der Waals surface area contributed by atoms with Gasteiger partial charge in [0.25, 0.3) is 0 Å². The van der Waals surface area contributed by atoms with Crippen LogP contribution in [0.1, 0.15) is 16.7 Å². The maximum Gasteiger partial charge on any atom is 0.138 e. The van der Waals surface area contributed by atoms with Crippen LogP contribution in [0.25, 0.3) is 10.8 Å². The molecule has 1 N–H and O–H groups in total. The zero-order valence-corrected chi connectivity index (χ0v) is 14.6. The Balaban J connectivity index is 1.63. The minimum atomic E-state index is 0.541. The van der Waals surface area contributed by atoms with E-state index < -0.39 is 0 Å². The van der Waals surface area contributed by atoms with Crippen molar-refractivity contribution >= 4 is 10.8 Å². The molecule has 0 bridgehead atoms. The predicted molar refractivity (Wildman–Crippen MR) is 103 cm³/mol. The first-order valence-corrected chi connectivity index (χ1v) is 8.57. The number of hydrogen-bond donors (Lipinski definition) is 1. The molecule has 0 amide bonds. The summed E-state index contributed by atoms with van der Waals surface area (Å²) in [7, 11) is 0. The van der Waals surface area contributed by atoms with Gasteiger partial charge < -0.3 is 10.2 Å². The molecule has 130 valence electrons. The summed E-state index contributed by atoms with van der Waals surface area (Å²) in [5.74, 6) is 0.880. The lowest BCUT2D eigenvalue weighted by atomic mass is 10.0. The SMILES string of the molecule is Cc1cccc(COc2ccc3ccccc3c2CNn2cnnc2)c1. The fourth-order valence-corrected chi connectivity index (χ4v) is 3.05. The maximum absolute atomic E-state index is 6.18. The van der Waals surface area contributed by atoms with Gasteiger partial charge in [0.2, 0.25) is 0 Å². The van der Waals surface area contributed by atoms with Crippen LogP contribution in [0, 0.1) is 6.92 Å².